The van der Waals surface area contributed by atoms with Gasteiger partial charge in [0.15, 0.2) is 0 Å². The molecule has 0 saturated carbocycles. The van der Waals surface area contributed by atoms with Crippen molar-refractivity contribution in [1.29, 1.82) is 0 Å². The van der Waals surface area contributed by atoms with E-state index in [0.717, 1.165) is 38.4 Å². The average Bonchev–Trinajstić information content (AvgIpc) is 2.34. The molecule has 118 valence electrons. The van der Waals surface area contributed by atoms with Crippen LogP contribution in [0.5, 0.6) is 0 Å². The van der Waals surface area contributed by atoms with E-state index in [2.05, 4.69) is 62.0 Å². The molecule has 1 aromatic heterocycles. The van der Waals surface area contributed by atoms with Gasteiger partial charge in [0.1, 0.15) is 5.82 Å². The van der Waals surface area contributed by atoms with Crippen molar-refractivity contribution < 1.29 is 4.74 Å². The first-order valence-electron chi connectivity index (χ1n) is 7.91. The fraction of sp³-hybridized carbons (Fsp3) is 0.706. The third kappa shape index (κ3) is 4.97. The van der Waals surface area contributed by atoms with Crippen molar-refractivity contribution in [1.82, 2.24) is 9.88 Å². The fourth-order valence-corrected chi connectivity index (χ4v) is 3.19. The molecular formula is C17H29N3O. The Balaban J connectivity index is 1.97. The van der Waals surface area contributed by atoms with Gasteiger partial charge in [-0.3, -0.25) is 4.90 Å². The zero-order valence-electron chi connectivity index (χ0n) is 14.1. The maximum absolute atomic E-state index is 6.13. The van der Waals surface area contributed by atoms with Crippen molar-refractivity contribution in [2.45, 2.75) is 58.8 Å². The summed E-state index contributed by atoms with van der Waals surface area (Å²) < 4.78 is 6.13. The van der Waals surface area contributed by atoms with E-state index < -0.39 is 0 Å². The average molecular weight is 291 g/mol. The van der Waals surface area contributed by atoms with Gasteiger partial charge in [0, 0.05) is 32.4 Å². The van der Waals surface area contributed by atoms with Gasteiger partial charge in [0.2, 0.25) is 0 Å². The summed E-state index contributed by atoms with van der Waals surface area (Å²) in [4.78, 5) is 6.94. The largest absolute Gasteiger partial charge is 0.370 e. The number of nitrogens with one attached hydrogen (secondary N) is 1. The second kappa shape index (κ2) is 6.32. The minimum atomic E-state index is -0.0994. The number of rotatable bonds is 5. The van der Waals surface area contributed by atoms with Crippen LogP contribution >= 0.6 is 0 Å². The maximum Gasteiger partial charge on any atom is 0.125 e. The standard InChI is InChI=1S/C17H29N3O/c1-6-9-18-15-8-7-14(10-19-15)11-20-12-16(2,3)21-17(4,5)13-20/h7-8,10H,6,9,11-13H2,1-5H3,(H,18,19). The van der Waals surface area contributed by atoms with Crippen molar-refractivity contribution in [2.24, 2.45) is 0 Å². The molecular weight excluding hydrogens is 262 g/mol. The highest BCUT2D eigenvalue weighted by Gasteiger charge is 2.37. The van der Waals surface area contributed by atoms with Crippen molar-refractivity contribution in [3.8, 4) is 0 Å². The van der Waals surface area contributed by atoms with E-state index in [0.29, 0.717) is 0 Å². The van der Waals surface area contributed by atoms with Crippen molar-refractivity contribution in [2.75, 3.05) is 25.0 Å². The van der Waals surface area contributed by atoms with Gasteiger partial charge >= 0.3 is 0 Å². The highest BCUT2D eigenvalue weighted by Crippen LogP contribution is 2.28. The molecule has 1 saturated heterocycles. The Labute approximate surface area is 128 Å². The number of hydrogen-bond acceptors (Lipinski definition) is 4. The van der Waals surface area contributed by atoms with Crippen molar-refractivity contribution in [3.05, 3.63) is 23.9 Å². The van der Waals surface area contributed by atoms with E-state index in [4.69, 9.17) is 4.74 Å². The van der Waals surface area contributed by atoms with Crippen LogP contribution in [0.25, 0.3) is 0 Å². The quantitative estimate of drug-likeness (QED) is 0.903. The Morgan fingerprint density at radius 3 is 2.38 bits per heavy atom. The summed E-state index contributed by atoms with van der Waals surface area (Å²) in [7, 11) is 0. The summed E-state index contributed by atoms with van der Waals surface area (Å²) in [5, 5.41) is 3.31. The van der Waals surface area contributed by atoms with Crippen LogP contribution in [-0.2, 0) is 11.3 Å². The molecule has 4 nitrogen and oxygen atoms in total. The summed E-state index contributed by atoms with van der Waals surface area (Å²) in [6, 6.07) is 4.24. The van der Waals surface area contributed by atoms with Gasteiger partial charge < -0.3 is 10.1 Å². The molecule has 2 rings (SSSR count). The lowest BCUT2D eigenvalue weighted by Gasteiger charge is -2.47. The normalized spacial score (nSPS) is 21.2. The van der Waals surface area contributed by atoms with Crippen molar-refractivity contribution >= 4 is 5.82 Å². The monoisotopic (exact) mass is 291 g/mol. The van der Waals surface area contributed by atoms with Gasteiger partial charge in [0.25, 0.3) is 0 Å². The van der Waals surface area contributed by atoms with Crippen LogP contribution in [0.4, 0.5) is 5.82 Å². The molecule has 1 fully saturated rings. The Kier molecular flexibility index (Phi) is 4.89. The van der Waals surface area contributed by atoms with Crippen LogP contribution in [0, 0.1) is 0 Å². The molecule has 1 aromatic rings. The number of hydrogen-bond donors (Lipinski definition) is 1. The van der Waals surface area contributed by atoms with E-state index in [1.54, 1.807) is 0 Å². The van der Waals surface area contributed by atoms with Crippen LogP contribution < -0.4 is 5.32 Å². The summed E-state index contributed by atoms with van der Waals surface area (Å²) in [5.74, 6) is 0.961. The van der Waals surface area contributed by atoms with Crippen molar-refractivity contribution in [3.63, 3.8) is 0 Å². The Bertz CT molecular complexity index is 438. The Hall–Kier alpha value is -1.13. The van der Waals surface area contributed by atoms with Gasteiger partial charge in [-0.05, 0) is 45.7 Å². The van der Waals surface area contributed by atoms with Gasteiger partial charge in [-0.25, -0.2) is 4.98 Å². The molecule has 1 aliphatic rings. The lowest BCUT2D eigenvalue weighted by atomic mass is 9.98. The molecule has 0 radical (unpaired) electrons. The zero-order valence-corrected chi connectivity index (χ0v) is 14.1. The number of anilines is 1. The predicted octanol–water partition coefficient (Wildman–Crippen LogP) is 3.29. The van der Waals surface area contributed by atoms with E-state index >= 15 is 0 Å². The summed E-state index contributed by atoms with van der Waals surface area (Å²) in [6.45, 7) is 14.6. The molecule has 0 aromatic carbocycles. The topological polar surface area (TPSA) is 37.4 Å². The molecule has 1 aliphatic heterocycles. The maximum atomic E-state index is 6.13. The number of aromatic nitrogens is 1. The number of nitrogens with zero attached hydrogens (tertiary/aromatic N) is 2. The minimum Gasteiger partial charge on any atom is -0.370 e. The van der Waals surface area contributed by atoms with Crippen LogP contribution in [0.15, 0.2) is 18.3 Å². The van der Waals surface area contributed by atoms with Gasteiger partial charge in [-0.2, -0.15) is 0 Å². The third-order valence-corrected chi connectivity index (χ3v) is 3.55. The molecule has 2 heterocycles. The van der Waals surface area contributed by atoms with E-state index in [9.17, 15) is 0 Å². The van der Waals surface area contributed by atoms with E-state index in [1.165, 1.54) is 5.56 Å². The van der Waals surface area contributed by atoms with E-state index in [-0.39, 0.29) is 11.2 Å². The summed E-state index contributed by atoms with van der Waals surface area (Å²) in [5.41, 5.74) is 1.06. The van der Waals surface area contributed by atoms with Gasteiger partial charge in [0.05, 0.1) is 11.2 Å². The first kappa shape index (κ1) is 16.2. The number of ether oxygens (including phenoxy) is 1. The first-order chi connectivity index (χ1) is 9.80. The Morgan fingerprint density at radius 1 is 1.19 bits per heavy atom. The van der Waals surface area contributed by atoms with Gasteiger partial charge in [-0.1, -0.05) is 13.0 Å². The second-order valence-electron chi connectivity index (χ2n) is 7.25. The predicted molar refractivity (Wildman–Crippen MR) is 87.5 cm³/mol. The van der Waals surface area contributed by atoms with Gasteiger partial charge in [-0.15, -0.1) is 0 Å². The van der Waals surface area contributed by atoms with E-state index in [1.807, 2.05) is 6.20 Å². The molecule has 0 bridgehead atoms. The molecule has 0 aliphatic carbocycles. The summed E-state index contributed by atoms with van der Waals surface area (Å²) in [6.07, 6.45) is 3.09. The zero-order chi connectivity index (χ0) is 15.5. The molecule has 0 spiro atoms. The van der Waals surface area contributed by atoms with Crippen LogP contribution in [-0.4, -0.2) is 40.7 Å². The molecule has 0 atom stereocenters. The molecule has 0 unspecified atom stereocenters. The molecule has 1 N–H and O–H groups in total. The Morgan fingerprint density at radius 2 is 1.86 bits per heavy atom. The lowest BCUT2D eigenvalue weighted by Crippen LogP contribution is -2.56. The minimum absolute atomic E-state index is 0.0994. The smallest absolute Gasteiger partial charge is 0.125 e. The first-order valence-corrected chi connectivity index (χ1v) is 7.91. The fourth-order valence-electron chi connectivity index (χ4n) is 3.19. The molecule has 4 heteroatoms. The highest BCUT2D eigenvalue weighted by molar-refractivity contribution is 5.35. The number of morpholine rings is 1. The summed E-state index contributed by atoms with van der Waals surface area (Å²) >= 11 is 0. The highest BCUT2D eigenvalue weighted by atomic mass is 16.5. The van der Waals surface area contributed by atoms with Crippen LogP contribution in [0.1, 0.15) is 46.6 Å². The van der Waals surface area contributed by atoms with Crippen LogP contribution in [0.2, 0.25) is 0 Å². The second-order valence-corrected chi connectivity index (χ2v) is 7.25. The SMILES string of the molecule is CCCNc1ccc(CN2CC(C)(C)OC(C)(C)C2)cn1. The lowest BCUT2D eigenvalue weighted by molar-refractivity contribution is -0.182. The molecule has 0 amide bonds. The third-order valence-electron chi connectivity index (χ3n) is 3.55. The number of pyridine rings is 1. The molecule has 21 heavy (non-hydrogen) atoms. The van der Waals surface area contributed by atoms with Crippen LogP contribution in [0.3, 0.4) is 0 Å².